The van der Waals surface area contributed by atoms with E-state index in [-0.39, 0.29) is 0 Å². The second kappa shape index (κ2) is 56.7. The molecule has 0 rings (SSSR count). The van der Waals surface area contributed by atoms with E-state index in [0.29, 0.717) is 92.5 Å². The van der Waals surface area contributed by atoms with E-state index in [1.165, 1.54) is 193 Å². The molecule has 0 aromatic rings. The number of rotatable bonds is 55. The average molecular weight is 831 g/mol. The van der Waals surface area contributed by atoms with E-state index in [4.69, 9.17) is 37.9 Å². The van der Waals surface area contributed by atoms with Crippen LogP contribution in [0.25, 0.3) is 0 Å². The summed E-state index contributed by atoms with van der Waals surface area (Å²) in [6.45, 7) is 14.5. The molecule has 0 heterocycles. The van der Waals surface area contributed by atoms with Crippen molar-refractivity contribution in [2.45, 2.75) is 219 Å². The molecule has 350 valence electrons. The molecule has 0 aromatic carbocycles. The predicted molar refractivity (Wildman–Crippen MR) is 246 cm³/mol. The van der Waals surface area contributed by atoms with Crippen LogP contribution in [-0.4, -0.2) is 106 Å². The van der Waals surface area contributed by atoms with Crippen LogP contribution in [0.2, 0.25) is 0 Å². The molecule has 0 N–H and O–H groups in total. The molecule has 0 aliphatic rings. The van der Waals surface area contributed by atoms with Gasteiger partial charge < -0.3 is 37.9 Å². The largest absolute Gasteiger partial charge is 0.379 e. The summed E-state index contributed by atoms with van der Waals surface area (Å²) in [4.78, 5) is 0. The quantitative estimate of drug-likeness (QED) is 0.0561. The van der Waals surface area contributed by atoms with Gasteiger partial charge in [0, 0.05) is 13.2 Å². The summed E-state index contributed by atoms with van der Waals surface area (Å²) in [6.07, 6.45) is 44.6. The normalized spacial score (nSPS) is 11.7. The summed E-state index contributed by atoms with van der Waals surface area (Å²) in [5, 5.41) is 0. The van der Waals surface area contributed by atoms with Crippen LogP contribution < -0.4 is 0 Å². The maximum absolute atomic E-state index is 5.71. The Hall–Kier alpha value is -0.320. The highest BCUT2D eigenvalue weighted by Crippen LogP contribution is 2.15. The topological polar surface area (TPSA) is 73.8 Å². The van der Waals surface area contributed by atoms with E-state index in [2.05, 4.69) is 13.8 Å². The Kier molecular flexibility index (Phi) is 56.4. The minimum atomic E-state index is 0.555. The second-order valence-electron chi connectivity index (χ2n) is 16.5. The molecule has 0 aromatic heterocycles. The van der Waals surface area contributed by atoms with E-state index in [1.54, 1.807) is 0 Å². The molecule has 0 atom stereocenters. The molecule has 0 bridgehead atoms. The number of hydrogen-bond acceptors (Lipinski definition) is 8. The van der Waals surface area contributed by atoms with Gasteiger partial charge in [-0.25, -0.2) is 0 Å². The van der Waals surface area contributed by atoms with E-state index < -0.39 is 0 Å². The zero-order valence-electron chi connectivity index (χ0n) is 39.2. The molecule has 8 heteroatoms. The monoisotopic (exact) mass is 831 g/mol. The smallest absolute Gasteiger partial charge is 0.0701 e. The zero-order valence-corrected chi connectivity index (χ0v) is 39.2. The van der Waals surface area contributed by atoms with Crippen LogP contribution in [0.5, 0.6) is 0 Å². The molecule has 0 aliphatic heterocycles. The molecule has 0 saturated heterocycles. The van der Waals surface area contributed by atoms with Gasteiger partial charge in [0.2, 0.25) is 0 Å². The maximum Gasteiger partial charge on any atom is 0.0701 e. The summed E-state index contributed by atoms with van der Waals surface area (Å²) in [6, 6.07) is 0. The minimum absolute atomic E-state index is 0.555. The number of ether oxygens (including phenoxy) is 8. The third kappa shape index (κ3) is 55.7. The summed E-state index contributed by atoms with van der Waals surface area (Å²) in [5.41, 5.74) is 0. The van der Waals surface area contributed by atoms with Gasteiger partial charge in [0.05, 0.1) is 92.5 Å². The molecular formula is C50H102O8. The first kappa shape index (κ1) is 57.7. The fourth-order valence-electron chi connectivity index (χ4n) is 7.15. The molecule has 0 unspecified atom stereocenters. The zero-order chi connectivity index (χ0) is 41.6. The lowest BCUT2D eigenvalue weighted by Crippen LogP contribution is -2.15. The van der Waals surface area contributed by atoms with Crippen LogP contribution in [0, 0.1) is 0 Å². The maximum atomic E-state index is 5.71. The molecule has 8 nitrogen and oxygen atoms in total. The average Bonchev–Trinajstić information content (AvgIpc) is 3.23. The van der Waals surface area contributed by atoms with Gasteiger partial charge in [-0.15, -0.1) is 0 Å². The van der Waals surface area contributed by atoms with E-state index >= 15 is 0 Å². The Labute approximate surface area is 362 Å². The van der Waals surface area contributed by atoms with E-state index in [9.17, 15) is 0 Å². The molecule has 0 fully saturated rings. The van der Waals surface area contributed by atoms with Gasteiger partial charge in [0.15, 0.2) is 0 Å². The number of hydrogen-bond donors (Lipinski definition) is 0. The van der Waals surface area contributed by atoms with Gasteiger partial charge in [-0.3, -0.25) is 0 Å². The lowest BCUT2D eigenvalue weighted by Gasteiger charge is -2.09. The van der Waals surface area contributed by atoms with Gasteiger partial charge in [-0.2, -0.15) is 0 Å². The number of unbranched alkanes of at least 4 members (excludes halogenated alkanes) is 30. The van der Waals surface area contributed by atoms with Gasteiger partial charge in [0.25, 0.3) is 0 Å². The molecule has 0 spiro atoms. The fourth-order valence-corrected chi connectivity index (χ4v) is 7.15. The van der Waals surface area contributed by atoms with Crippen LogP contribution in [-0.2, 0) is 37.9 Å². The van der Waals surface area contributed by atoms with Crippen LogP contribution >= 0.6 is 0 Å². The van der Waals surface area contributed by atoms with Gasteiger partial charge in [-0.05, 0) is 12.8 Å². The predicted octanol–water partition coefficient (Wildman–Crippen LogP) is 13.6. The van der Waals surface area contributed by atoms with Crippen LogP contribution in [0.1, 0.15) is 219 Å². The third-order valence-electron chi connectivity index (χ3n) is 10.9. The summed E-state index contributed by atoms with van der Waals surface area (Å²) < 4.78 is 44.9. The molecular weight excluding hydrogens is 729 g/mol. The Bertz CT molecular complexity index is 628. The van der Waals surface area contributed by atoms with Crippen molar-refractivity contribution < 1.29 is 37.9 Å². The first-order chi connectivity index (χ1) is 28.9. The molecule has 0 amide bonds. The Morgan fingerprint density at radius 3 is 0.414 bits per heavy atom. The molecule has 0 aliphatic carbocycles. The SMILES string of the molecule is CCCCCCCCCCCCCCCCCCOCCOCCOCCOCCOCCOCCOCCOCCCCCCCCCCCCCCCCCC. The lowest BCUT2D eigenvalue weighted by molar-refractivity contribution is -0.0232. The van der Waals surface area contributed by atoms with Crippen LogP contribution in [0.15, 0.2) is 0 Å². The molecule has 0 radical (unpaired) electrons. The van der Waals surface area contributed by atoms with Crippen molar-refractivity contribution in [3.05, 3.63) is 0 Å². The highest BCUT2D eigenvalue weighted by molar-refractivity contribution is 4.52. The first-order valence-corrected chi connectivity index (χ1v) is 25.5. The Morgan fingerprint density at radius 2 is 0.259 bits per heavy atom. The van der Waals surface area contributed by atoms with Crippen molar-refractivity contribution in [3.63, 3.8) is 0 Å². The highest BCUT2D eigenvalue weighted by Gasteiger charge is 1.99. The van der Waals surface area contributed by atoms with Gasteiger partial charge >= 0.3 is 0 Å². The van der Waals surface area contributed by atoms with Crippen LogP contribution in [0.3, 0.4) is 0 Å². The Morgan fingerprint density at radius 1 is 0.138 bits per heavy atom. The van der Waals surface area contributed by atoms with Crippen molar-refractivity contribution >= 4 is 0 Å². The van der Waals surface area contributed by atoms with Gasteiger partial charge in [-0.1, -0.05) is 206 Å². The van der Waals surface area contributed by atoms with Crippen molar-refractivity contribution in [3.8, 4) is 0 Å². The third-order valence-corrected chi connectivity index (χ3v) is 10.9. The highest BCUT2D eigenvalue weighted by atomic mass is 16.6. The molecule has 58 heavy (non-hydrogen) atoms. The summed E-state index contributed by atoms with van der Waals surface area (Å²) in [5.74, 6) is 0. The van der Waals surface area contributed by atoms with Crippen molar-refractivity contribution in [2.75, 3.05) is 106 Å². The first-order valence-electron chi connectivity index (χ1n) is 25.5. The van der Waals surface area contributed by atoms with Crippen molar-refractivity contribution in [2.24, 2.45) is 0 Å². The van der Waals surface area contributed by atoms with Gasteiger partial charge in [0.1, 0.15) is 0 Å². The second-order valence-corrected chi connectivity index (χ2v) is 16.5. The van der Waals surface area contributed by atoms with Crippen molar-refractivity contribution in [1.29, 1.82) is 0 Å². The Balaban J connectivity index is 3.05. The summed E-state index contributed by atoms with van der Waals surface area (Å²) >= 11 is 0. The lowest BCUT2D eigenvalue weighted by atomic mass is 10.0. The van der Waals surface area contributed by atoms with E-state index in [0.717, 1.165) is 26.1 Å². The molecule has 0 saturated carbocycles. The summed E-state index contributed by atoms with van der Waals surface area (Å²) in [7, 11) is 0. The fraction of sp³-hybridized carbons (Fsp3) is 1.00. The minimum Gasteiger partial charge on any atom is -0.379 e. The van der Waals surface area contributed by atoms with Crippen molar-refractivity contribution in [1.82, 2.24) is 0 Å². The van der Waals surface area contributed by atoms with E-state index in [1.807, 2.05) is 0 Å². The standard InChI is InChI=1S/C50H102O8/c1-3-5-7-9-11-13-15-17-19-21-23-25-27-29-31-33-35-51-37-39-53-41-43-55-45-47-57-49-50-58-48-46-56-44-42-54-40-38-52-36-34-32-30-28-26-24-22-20-18-16-14-12-10-8-6-4-2/h3-50H2,1-2H3. The van der Waals surface area contributed by atoms with Crippen LogP contribution in [0.4, 0.5) is 0 Å².